The van der Waals surface area contributed by atoms with Gasteiger partial charge >= 0.3 is 11.6 Å². The van der Waals surface area contributed by atoms with E-state index in [-0.39, 0.29) is 46.6 Å². The van der Waals surface area contributed by atoms with Crippen LogP contribution in [0, 0.1) is 12.8 Å². The first-order valence-corrected chi connectivity index (χ1v) is 12.4. The molecule has 3 aromatic heterocycles. The summed E-state index contributed by atoms with van der Waals surface area (Å²) in [4.78, 5) is 0.392. The smallest absolute Gasteiger partial charge is 0.370 e. The first-order chi connectivity index (χ1) is 15.1. The lowest BCUT2D eigenvalue weighted by atomic mass is 10.0. The molecule has 3 heterocycles. The molecular weight excluding hydrogens is 458 g/mol. The van der Waals surface area contributed by atoms with Crippen molar-refractivity contribution in [1.82, 2.24) is 9.46 Å². The molecule has 0 radical (unpaired) electrons. The van der Waals surface area contributed by atoms with E-state index in [4.69, 9.17) is 9.05 Å². The molecular formula is C19H28N5O6S2+. The minimum atomic E-state index is -3.85. The van der Waals surface area contributed by atoms with Gasteiger partial charge in [-0.05, 0) is 25.0 Å². The number of sulfonamides is 1. The van der Waals surface area contributed by atoms with Crippen molar-refractivity contribution < 1.29 is 32.7 Å². The van der Waals surface area contributed by atoms with Gasteiger partial charge in [0.2, 0.25) is 0 Å². The predicted molar refractivity (Wildman–Crippen MR) is 118 cm³/mol. The van der Waals surface area contributed by atoms with Crippen molar-refractivity contribution in [3.05, 3.63) is 29.0 Å². The molecule has 0 unspecified atom stereocenters. The van der Waals surface area contributed by atoms with E-state index in [0.29, 0.717) is 10.7 Å². The Kier molecular flexibility index (Phi) is 7.00. The van der Waals surface area contributed by atoms with E-state index >= 15 is 0 Å². The number of aryl methyl sites for hydroxylation is 1. The molecule has 0 saturated carbocycles. The van der Waals surface area contributed by atoms with Gasteiger partial charge in [-0.25, -0.2) is 8.42 Å². The van der Waals surface area contributed by atoms with Crippen LogP contribution in [0.1, 0.15) is 45.3 Å². The molecule has 3 rings (SSSR count). The van der Waals surface area contributed by atoms with Gasteiger partial charge in [0.25, 0.3) is 10.0 Å². The highest BCUT2D eigenvalue weighted by Gasteiger charge is 2.33. The maximum atomic E-state index is 12.8. The molecule has 13 heteroatoms. The Labute approximate surface area is 190 Å². The number of rotatable bonds is 10. The van der Waals surface area contributed by atoms with E-state index in [1.165, 1.54) is 9.69 Å². The van der Waals surface area contributed by atoms with Crippen molar-refractivity contribution in [3.8, 4) is 5.75 Å². The number of anilines is 3. The molecule has 0 spiro atoms. The third-order valence-corrected chi connectivity index (χ3v) is 8.46. The van der Waals surface area contributed by atoms with Crippen LogP contribution in [-0.4, -0.2) is 41.3 Å². The van der Waals surface area contributed by atoms with Crippen molar-refractivity contribution in [2.75, 3.05) is 23.7 Å². The number of furan rings is 1. The van der Waals surface area contributed by atoms with Gasteiger partial charge in [0.15, 0.2) is 15.6 Å². The maximum absolute atomic E-state index is 12.8. The zero-order chi connectivity index (χ0) is 23.6. The number of hydrogen-bond acceptors (Lipinski definition) is 10. The highest BCUT2D eigenvalue weighted by molar-refractivity contribution is 7.91. The van der Waals surface area contributed by atoms with Crippen LogP contribution < -0.4 is 15.5 Å². The molecule has 0 saturated heterocycles. The summed E-state index contributed by atoms with van der Waals surface area (Å²) in [6.07, 6.45) is 0. The average Bonchev–Trinajstić information content (AvgIpc) is 3.41. The molecule has 176 valence electrons. The molecule has 0 amide bonds. The van der Waals surface area contributed by atoms with E-state index in [9.17, 15) is 18.7 Å². The van der Waals surface area contributed by atoms with Gasteiger partial charge < -0.3 is 20.0 Å². The topological polar surface area (TPSA) is 145 Å². The van der Waals surface area contributed by atoms with Gasteiger partial charge in [0.1, 0.15) is 21.6 Å². The maximum Gasteiger partial charge on any atom is 0.370 e. The van der Waals surface area contributed by atoms with Crippen LogP contribution in [0.15, 0.2) is 30.8 Å². The molecule has 0 fully saturated rings. The second-order valence-corrected chi connectivity index (χ2v) is 10.5. The average molecular weight is 487 g/mol. The number of hydrogen-bond donors (Lipinski definition) is 4. The van der Waals surface area contributed by atoms with Crippen LogP contribution in [0.3, 0.4) is 0 Å². The summed E-state index contributed by atoms with van der Waals surface area (Å²) in [5.74, 6) is 1.22. The van der Waals surface area contributed by atoms with Gasteiger partial charge in [0.05, 0.1) is 6.04 Å². The van der Waals surface area contributed by atoms with Gasteiger partial charge in [-0.15, -0.1) is 11.3 Å². The molecule has 0 aliphatic carbocycles. The van der Waals surface area contributed by atoms with Crippen LogP contribution in [-0.2, 0) is 10.0 Å². The van der Waals surface area contributed by atoms with Crippen molar-refractivity contribution in [2.24, 2.45) is 5.92 Å². The Morgan fingerprint density at radius 3 is 2.53 bits per heavy atom. The molecule has 11 nitrogen and oxygen atoms in total. The van der Waals surface area contributed by atoms with Gasteiger partial charge in [0, 0.05) is 18.5 Å². The molecule has 1 atom stereocenters. The zero-order valence-electron chi connectivity index (χ0n) is 18.5. The Bertz CT molecular complexity index is 1160. The zero-order valence-corrected chi connectivity index (χ0v) is 20.1. The fourth-order valence-corrected chi connectivity index (χ4v) is 6.04. The summed E-state index contributed by atoms with van der Waals surface area (Å²) in [6, 6.07) is 3.41. The van der Waals surface area contributed by atoms with E-state index < -0.39 is 15.8 Å². The monoisotopic (exact) mass is 486 g/mol. The van der Waals surface area contributed by atoms with Crippen LogP contribution in [0.4, 0.5) is 17.3 Å². The quantitative estimate of drug-likeness (QED) is 0.317. The Morgan fingerprint density at radius 2 is 1.97 bits per heavy atom. The molecule has 4 N–H and O–H groups in total. The Balaban J connectivity index is 1.90. The van der Waals surface area contributed by atoms with Crippen molar-refractivity contribution in [1.29, 1.82) is 0 Å². The largest absolute Gasteiger partial charge is 0.503 e. The number of thiophene rings is 1. The standard InChI is InChI=1S/C19H27N5O6S2/c1-6-23(7-2)32(27,28)19-16(25)13(10-31-19)20-18-17(22-30-24(18)26)21-15(11(3)4)14-9-8-12(5)29-14/h8-11,15,26H,6-7H2,1-5H3,(H2,21,22,25)/p+1/t15-/m1/s1. The van der Waals surface area contributed by atoms with E-state index in [1.54, 1.807) is 13.8 Å². The fraction of sp³-hybridized carbons (Fsp3) is 0.474. The van der Waals surface area contributed by atoms with E-state index in [2.05, 4.69) is 15.8 Å². The molecule has 3 aromatic rings. The Hall–Kier alpha value is -2.77. The van der Waals surface area contributed by atoms with Gasteiger partial charge in [-0.2, -0.15) is 4.31 Å². The lowest BCUT2D eigenvalue weighted by Gasteiger charge is -2.18. The molecule has 0 aliphatic rings. The van der Waals surface area contributed by atoms with Crippen LogP contribution in [0.2, 0.25) is 0 Å². The number of aromatic nitrogens is 2. The Morgan fingerprint density at radius 1 is 1.28 bits per heavy atom. The molecule has 0 aromatic carbocycles. The second-order valence-electron chi connectivity index (χ2n) is 7.46. The predicted octanol–water partition coefficient (Wildman–Crippen LogP) is 3.45. The fourth-order valence-electron chi connectivity index (χ4n) is 3.20. The normalized spacial score (nSPS) is 13.1. The van der Waals surface area contributed by atoms with Gasteiger partial charge in [-0.3, -0.25) is 5.32 Å². The SMILES string of the molecule is CCN(CC)S(=O)(=O)c1scc(Nc2c(N[C@@H](c3ccc(C)o3)C(C)C)no[n+]2O)c1O. The molecule has 0 bridgehead atoms. The summed E-state index contributed by atoms with van der Waals surface area (Å²) in [6.45, 7) is 9.82. The third kappa shape index (κ3) is 4.54. The molecule has 32 heavy (non-hydrogen) atoms. The first kappa shape index (κ1) is 23.9. The van der Waals surface area contributed by atoms with Crippen molar-refractivity contribution in [3.63, 3.8) is 0 Å². The van der Waals surface area contributed by atoms with Crippen LogP contribution in [0.5, 0.6) is 5.75 Å². The number of nitrogens with one attached hydrogen (secondary N) is 2. The van der Waals surface area contributed by atoms with E-state index in [0.717, 1.165) is 17.1 Å². The van der Waals surface area contributed by atoms with Crippen molar-refractivity contribution in [2.45, 2.75) is 44.9 Å². The lowest BCUT2D eigenvalue weighted by molar-refractivity contribution is -1.03. The lowest BCUT2D eigenvalue weighted by Crippen LogP contribution is -2.31. The first-order valence-electron chi connectivity index (χ1n) is 10.1. The summed E-state index contributed by atoms with van der Waals surface area (Å²) in [7, 11) is -3.85. The van der Waals surface area contributed by atoms with E-state index in [1.807, 2.05) is 32.9 Å². The van der Waals surface area contributed by atoms with Crippen LogP contribution in [0.25, 0.3) is 0 Å². The summed E-state index contributed by atoms with van der Waals surface area (Å²) < 4.78 is 37.2. The van der Waals surface area contributed by atoms with Gasteiger partial charge in [-0.1, -0.05) is 32.3 Å². The number of nitrogens with zero attached hydrogens (tertiary/aromatic N) is 3. The summed E-state index contributed by atoms with van der Waals surface area (Å²) in [5.41, 5.74) is 0.0877. The number of aromatic hydroxyl groups is 1. The highest BCUT2D eigenvalue weighted by atomic mass is 32.2. The minimum absolute atomic E-state index is 0.0150. The second kappa shape index (κ2) is 9.38. The highest BCUT2D eigenvalue weighted by Crippen LogP contribution is 2.41. The molecule has 0 aliphatic heterocycles. The van der Waals surface area contributed by atoms with Crippen LogP contribution >= 0.6 is 11.3 Å². The van der Waals surface area contributed by atoms with Crippen molar-refractivity contribution >= 4 is 38.7 Å². The summed E-state index contributed by atoms with van der Waals surface area (Å²) >= 11 is 0.875. The summed E-state index contributed by atoms with van der Waals surface area (Å²) in [5, 5.41) is 31.9. The third-order valence-electron chi connectivity index (χ3n) is 4.92. The minimum Gasteiger partial charge on any atom is -0.503 e.